The minimum atomic E-state index is -0.266. The molecule has 3 aromatic rings. The molecule has 0 aliphatic rings. The van der Waals surface area contributed by atoms with Crippen LogP contribution in [0.4, 0.5) is 5.82 Å². The number of hydrogen-bond acceptors (Lipinski definition) is 5. The average Bonchev–Trinajstić information content (AvgIpc) is 3.03. The lowest BCUT2D eigenvalue weighted by molar-refractivity contribution is 0.0952. The Bertz CT molecular complexity index is 1090. The summed E-state index contributed by atoms with van der Waals surface area (Å²) in [7, 11) is 3.75. The summed E-state index contributed by atoms with van der Waals surface area (Å²) in [6, 6.07) is 3.76. The number of amides is 1. The third-order valence-electron chi connectivity index (χ3n) is 4.66. The van der Waals surface area contributed by atoms with Crippen LogP contribution < -0.4 is 15.8 Å². The highest BCUT2D eigenvalue weighted by molar-refractivity contribution is 6.06. The van der Waals surface area contributed by atoms with Crippen LogP contribution in [0.1, 0.15) is 47.1 Å². The van der Waals surface area contributed by atoms with Crippen LogP contribution in [0.2, 0.25) is 0 Å². The molecule has 0 saturated carbocycles. The van der Waals surface area contributed by atoms with Gasteiger partial charge in [0.25, 0.3) is 11.5 Å². The van der Waals surface area contributed by atoms with E-state index in [0.717, 1.165) is 11.3 Å². The molecule has 0 saturated heterocycles. The lowest BCUT2D eigenvalue weighted by Gasteiger charge is -2.15. The van der Waals surface area contributed by atoms with E-state index in [1.165, 1.54) is 0 Å². The number of carbonyl (C=O) groups is 1. The van der Waals surface area contributed by atoms with Crippen LogP contribution in [-0.2, 0) is 6.54 Å². The zero-order valence-electron chi connectivity index (χ0n) is 17.1. The molecule has 3 rings (SSSR count). The highest BCUT2D eigenvalue weighted by Crippen LogP contribution is 2.24. The van der Waals surface area contributed by atoms with Crippen LogP contribution in [-0.4, -0.2) is 39.8 Å². The Labute approximate surface area is 163 Å². The van der Waals surface area contributed by atoms with E-state index in [9.17, 15) is 9.59 Å². The van der Waals surface area contributed by atoms with Crippen molar-refractivity contribution < 1.29 is 4.79 Å². The van der Waals surface area contributed by atoms with Crippen LogP contribution in [0.3, 0.4) is 0 Å². The smallest absolute Gasteiger partial charge is 0.253 e. The average molecular weight is 382 g/mol. The molecule has 2 N–H and O–H groups in total. The SMILES string of the molecule is Cc1cc(C)c(CNC(=O)c2cc(N(C)C)nc3c2cnn3C(C)C)c(=O)[nH]1. The summed E-state index contributed by atoms with van der Waals surface area (Å²) in [5, 5.41) is 7.95. The molecule has 148 valence electrons. The van der Waals surface area contributed by atoms with Crippen molar-refractivity contribution in [2.75, 3.05) is 19.0 Å². The molecule has 0 aromatic carbocycles. The van der Waals surface area contributed by atoms with Gasteiger partial charge in [-0.2, -0.15) is 5.10 Å². The van der Waals surface area contributed by atoms with Gasteiger partial charge in [-0.05, 0) is 45.4 Å². The van der Waals surface area contributed by atoms with E-state index >= 15 is 0 Å². The van der Waals surface area contributed by atoms with Crippen molar-refractivity contribution >= 4 is 22.8 Å². The third-order valence-corrected chi connectivity index (χ3v) is 4.66. The van der Waals surface area contributed by atoms with Crippen molar-refractivity contribution in [3.8, 4) is 0 Å². The van der Waals surface area contributed by atoms with Gasteiger partial charge < -0.3 is 15.2 Å². The quantitative estimate of drug-likeness (QED) is 0.706. The van der Waals surface area contributed by atoms with Gasteiger partial charge in [0.2, 0.25) is 0 Å². The second kappa shape index (κ2) is 7.46. The predicted octanol–water partition coefficient (Wildman–Crippen LogP) is 2.31. The summed E-state index contributed by atoms with van der Waals surface area (Å²) in [5.41, 5.74) is 3.17. The number of aromatic nitrogens is 4. The zero-order chi connectivity index (χ0) is 20.6. The summed E-state index contributed by atoms with van der Waals surface area (Å²) in [6.45, 7) is 7.88. The van der Waals surface area contributed by atoms with Gasteiger partial charge in [-0.3, -0.25) is 9.59 Å². The normalized spacial score (nSPS) is 11.2. The van der Waals surface area contributed by atoms with Crippen molar-refractivity contribution in [2.45, 2.75) is 40.3 Å². The van der Waals surface area contributed by atoms with Crippen molar-refractivity contribution in [3.05, 3.63) is 51.1 Å². The fourth-order valence-corrected chi connectivity index (χ4v) is 3.16. The Hall–Kier alpha value is -3.16. The summed E-state index contributed by atoms with van der Waals surface area (Å²) in [6.07, 6.45) is 1.67. The van der Waals surface area contributed by atoms with Crippen molar-refractivity contribution in [3.63, 3.8) is 0 Å². The van der Waals surface area contributed by atoms with Gasteiger partial charge in [0.15, 0.2) is 5.65 Å². The molecule has 8 nitrogen and oxygen atoms in total. The van der Waals surface area contributed by atoms with Gasteiger partial charge in [-0.15, -0.1) is 0 Å². The van der Waals surface area contributed by atoms with Crippen molar-refractivity contribution in [1.82, 2.24) is 25.1 Å². The Kier molecular flexibility index (Phi) is 5.22. The number of fused-ring (bicyclic) bond motifs is 1. The molecule has 0 radical (unpaired) electrons. The van der Waals surface area contributed by atoms with E-state index < -0.39 is 0 Å². The minimum Gasteiger partial charge on any atom is -0.363 e. The Morgan fingerprint density at radius 1 is 1.29 bits per heavy atom. The van der Waals surface area contributed by atoms with Crippen LogP contribution in [0.25, 0.3) is 11.0 Å². The number of aryl methyl sites for hydroxylation is 2. The third kappa shape index (κ3) is 3.62. The number of pyridine rings is 2. The standard InChI is InChI=1S/C20H26N6O2/c1-11(2)26-18-16(10-22-26)14(8-17(24-18)25(5)6)19(27)21-9-15-12(3)7-13(4)23-20(15)28/h7-8,10-11H,9H2,1-6H3,(H,21,27)(H,23,28). The first-order chi connectivity index (χ1) is 13.2. The van der Waals surface area contributed by atoms with E-state index in [1.807, 2.05) is 52.8 Å². The maximum absolute atomic E-state index is 13.0. The highest BCUT2D eigenvalue weighted by atomic mass is 16.1. The molecule has 0 unspecified atom stereocenters. The van der Waals surface area contributed by atoms with Crippen molar-refractivity contribution in [2.24, 2.45) is 0 Å². The number of nitrogens with one attached hydrogen (secondary N) is 2. The number of rotatable bonds is 5. The molecular formula is C20H26N6O2. The lowest BCUT2D eigenvalue weighted by Crippen LogP contribution is -2.28. The van der Waals surface area contributed by atoms with Gasteiger partial charge in [-0.25, -0.2) is 9.67 Å². The second-order valence-corrected chi connectivity index (χ2v) is 7.47. The van der Waals surface area contributed by atoms with Crippen LogP contribution in [0.15, 0.2) is 23.1 Å². The van der Waals surface area contributed by atoms with Gasteiger partial charge >= 0.3 is 0 Å². The molecule has 8 heteroatoms. The molecule has 3 heterocycles. The van der Waals surface area contributed by atoms with E-state index in [2.05, 4.69) is 20.4 Å². The number of anilines is 1. The molecular weight excluding hydrogens is 356 g/mol. The van der Waals surface area contributed by atoms with E-state index in [0.29, 0.717) is 28.0 Å². The Balaban J connectivity index is 1.98. The summed E-state index contributed by atoms with van der Waals surface area (Å²) < 4.78 is 1.80. The largest absolute Gasteiger partial charge is 0.363 e. The zero-order valence-corrected chi connectivity index (χ0v) is 17.1. The molecule has 28 heavy (non-hydrogen) atoms. The monoisotopic (exact) mass is 382 g/mol. The van der Waals surface area contributed by atoms with Gasteiger partial charge in [0.1, 0.15) is 5.82 Å². The summed E-state index contributed by atoms with van der Waals surface area (Å²) in [4.78, 5) is 34.4. The summed E-state index contributed by atoms with van der Waals surface area (Å²) >= 11 is 0. The minimum absolute atomic E-state index is 0.118. The first kappa shape index (κ1) is 19.6. The van der Waals surface area contributed by atoms with Gasteiger partial charge in [-0.1, -0.05) is 0 Å². The number of H-pyrrole nitrogens is 1. The molecule has 0 spiro atoms. The Morgan fingerprint density at radius 2 is 2.00 bits per heavy atom. The number of nitrogens with zero attached hydrogens (tertiary/aromatic N) is 4. The fraction of sp³-hybridized carbons (Fsp3) is 0.400. The van der Waals surface area contributed by atoms with Crippen LogP contribution in [0.5, 0.6) is 0 Å². The molecule has 0 atom stereocenters. The molecule has 0 fully saturated rings. The van der Waals surface area contributed by atoms with Gasteiger partial charge in [0, 0.05) is 37.9 Å². The first-order valence-corrected chi connectivity index (χ1v) is 9.22. The maximum Gasteiger partial charge on any atom is 0.253 e. The first-order valence-electron chi connectivity index (χ1n) is 9.22. The van der Waals surface area contributed by atoms with Crippen LogP contribution >= 0.6 is 0 Å². The van der Waals surface area contributed by atoms with Crippen molar-refractivity contribution in [1.29, 1.82) is 0 Å². The topological polar surface area (TPSA) is 95.9 Å². The second-order valence-electron chi connectivity index (χ2n) is 7.47. The predicted molar refractivity (Wildman–Crippen MR) is 110 cm³/mol. The fourth-order valence-electron chi connectivity index (χ4n) is 3.16. The van der Waals surface area contributed by atoms with Gasteiger partial charge in [0.05, 0.1) is 17.1 Å². The lowest BCUT2D eigenvalue weighted by atomic mass is 10.1. The molecule has 1 amide bonds. The van der Waals surface area contributed by atoms with Crippen LogP contribution in [0, 0.1) is 13.8 Å². The Morgan fingerprint density at radius 3 is 2.61 bits per heavy atom. The summed E-state index contributed by atoms with van der Waals surface area (Å²) in [5.74, 6) is 0.405. The number of carbonyl (C=O) groups excluding carboxylic acids is 1. The maximum atomic E-state index is 13.0. The highest BCUT2D eigenvalue weighted by Gasteiger charge is 2.19. The molecule has 0 aliphatic carbocycles. The number of aromatic amines is 1. The van der Waals surface area contributed by atoms with E-state index in [-0.39, 0.29) is 24.1 Å². The molecule has 3 aromatic heterocycles. The van der Waals surface area contributed by atoms with E-state index in [1.54, 1.807) is 16.9 Å². The molecule has 0 bridgehead atoms. The molecule has 0 aliphatic heterocycles. The van der Waals surface area contributed by atoms with E-state index in [4.69, 9.17) is 0 Å². The number of hydrogen-bond donors (Lipinski definition) is 2.